The van der Waals surface area contributed by atoms with Crippen LogP contribution in [0.15, 0.2) is 28.9 Å². The summed E-state index contributed by atoms with van der Waals surface area (Å²) < 4.78 is 11.4. The predicted octanol–water partition coefficient (Wildman–Crippen LogP) is 4.29. The Labute approximate surface area is 128 Å². The fraction of sp³-hybridized carbons (Fsp3) is 0.667. The monoisotopic (exact) mass is 291 g/mol. The van der Waals surface area contributed by atoms with Crippen molar-refractivity contribution in [2.75, 3.05) is 6.61 Å². The van der Waals surface area contributed by atoms with Gasteiger partial charge in [-0.15, -0.1) is 0 Å². The van der Waals surface area contributed by atoms with Crippen LogP contribution < -0.4 is 5.32 Å². The lowest BCUT2D eigenvalue weighted by Gasteiger charge is -2.24. The van der Waals surface area contributed by atoms with Gasteiger partial charge in [-0.1, -0.05) is 19.1 Å². The zero-order valence-electron chi connectivity index (χ0n) is 13.8. The fourth-order valence-corrected chi connectivity index (χ4v) is 2.51. The van der Waals surface area contributed by atoms with Crippen LogP contribution in [0.2, 0.25) is 0 Å². The molecule has 0 saturated carbocycles. The summed E-state index contributed by atoms with van der Waals surface area (Å²) in [6.45, 7) is 11.0. The molecule has 2 unspecified atom stereocenters. The maximum absolute atomic E-state index is 5.84. The SMILES string of the molecule is CC1CC=CCC1COCc1cc(CNC(C)(C)C)co1. The molecule has 0 aliphatic heterocycles. The van der Waals surface area contributed by atoms with Crippen LogP contribution >= 0.6 is 0 Å². The first-order valence-corrected chi connectivity index (χ1v) is 7.98. The van der Waals surface area contributed by atoms with Crippen LogP contribution in [0, 0.1) is 11.8 Å². The van der Waals surface area contributed by atoms with Crippen LogP contribution in [-0.4, -0.2) is 12.1 Å². The van der Waals surface area contributed by atoms with Crippen molar-refractivity contribution in [2.24, 2.45) is 11.8 Å². The molecule has 1 aliphatic carbocycles. The van der Waals surface area contributed by atoms with Gasteiger partial charge in [0.2, 0.25) is 0 Å². The third kappa shape index (κ3) is 5.68. The highest BCUT2D eigenvalue weighted by atomic mass is 16.5. The lowest BCUT2D eigenvalue weighted by Crippen LogP contribution is -2.34. The van der Waals surface area contributed by atoms with Crippen molar-refractivity contribution in [1.29, 1.82) is 0 Å². The molecule has 3 nitrogen and oxygen atoms in total. The van der Waals surface area contributed by atoms with Crippen LogP contribution in [0.1, 0.15) is 51.9 Å². The Bertz CT molecular complexity index is 456. The molecule has 1 N–H and O–H groups in total. The second-order valence-electron chi connectivity index (χ2n) is 7.22. The van der Waals surface area contributed by atoms with Crippen LogP contribution in [0.3, 0.4) is 0 Å². The molecule has 118 valence electrons. The minimum Gasteiger partial charge on any atom is -0.467 e. The van der Waals surface area contributed by atoms with E-state index >= 15 is 0 Å². The zero-order valence-corrected chi connectivity index (χ0v) is 13.8. The van der Waals surface area contributed by atoms with Gasteiger partial charge in [0.1, 0.15) is 12.4 Å². The van der Waals surface area contributed by atoms with Gasteiger partial charge in [0, 0.05) is 17.6 Å². The number of hydrogen-bond acceptors (Lipinski definition) is 3. The average Bonchev–Trinajstić information content (AvgIpc) is 2.86. The van der Waals surface area contributed by atoms with Gasteiger partial charge in [-0.3, -0.25) is 0 Å². The zero-order chi connectivity index (χ0) is 15.3. The summed E-state index contributed by atoms with van der Waals surface area (Å²) in [4.78, 5) is 0. The van der Waals surface area contributed by atoms with E-state index in [0.29, 0.717) is 12.5 Å². The summed E-state index contributed by atoms with van der Waals surface area (Å²) in [5.74, 6) is 2.28. The summed E-state index contributed by atoms with van der Waals surface area (Å²) in [5.41, 5.74) is 1.30. The van der Waals surface area contributed by atoms with Crippen molar-refractivity contribution in [3.63, 3.8) is 0 Å². The van der Waals surface area contributed by atoms with Crippen LogP contribution in [0.4, 0.5) is 0 Å². The summed E-state index contributed by atoms with van der Waals surface area (Å²) in [6.07, 6.45) is 8.69. The van der Waals surface area contributed by atoms with E-state index in [9.17, 15) is 0 Å². The number of hydrogen-bond donors (Lipinski definition) is 1. The maximum Gasteiger partial charge on any atom is 0.129 e. The molecule has 0 amide bonds. The standard InChI is InChI=1S/C18H29NO2/c1-14-7-5-6-8-16(14)12-20-13-17-9-15(11-21-17)10-19-18(2,3)4/h5-6,9,11,14,16,19H,7-8,10,12-13H2,1-4H3. The van der Waals surface area contributed by atoms with Crippen molar-refractivity contribution >= 4 is 0 Å². The molecule has 0 spiro atoms. The van der Waals surface area contributed by atoms with E-state index < -0.39 is 0 Å². The molecule has 0 fully saturated rings. The van der Waals surface area contributed by atoms with E-state index in [-0.39, 0.29) is 5.54 Å². The fourth-order valence-electron chi connectivity index (χ4n) is 2.51. The summed E-state index contributed by atoms with van der Waals surface area (Å²) >= 11 is 0. The Morgan fingerprint density at radius 1 is 1.29 bits per heavy atom. The maximum atomic E-state index is 5.84. The van der Waals surface area contributed by atoms with Gasteiger partial charge in [0.15, 0.2) is 0 Å². The topological polar surface area (TPSA) is 34.4 Å². The van der Waals surface area contributed by atoms with Gasteiger partial charge >= 0.3 is 0 Å². The lowest BCUT2D eigenvalue weighted by atomic mass is 9.85. The van der Waals surface area contributed by atoms with Gasteiger partial charge in [0.25, 0.3) is 0 Å². The Hall–Kier alpha value is -1.06. The molecule has 0 saturated heterocycles. The second kappa shape index (κ2) is 7.28. The molecule has 21 heavy (non-hydrogen) atoms. The summed E-state index contributed by atoms with van der Waals surface area (Å²) in [5, 5.41) is 3.46. The molecule has 0 aromatic carbocycles. The molecule has 2 atom stereocenters. The Morgan fingerprint density at radius 3 is 2.76 bits per heavy atom. The third-order valence-corrected chi connectivity index (χ3v) is 4.03. The number of nitrogens with one attached hydrogen (secondary N) is 1. The number of furan rings is 1. The molecular weight excluding hydrogens is 262 g/mol. The highest BCUT2D eigenvalue weighted by Gasteiger charge is 2.18. The quantitative estimate of drug-likeness (QED) is 0.794. The molecule has 0 radical (unpaired) electrons. The van der Waals surface area contributed by atoms with Gasteiger partial charge in [-0.05, 0) is 51.5 Å². The van der Waals surface area contributed by atoms with Gasteiger partial charge in [-0.2, -0.15) is 0 Å². The lowest BCUT2D eigenvalue weighted by molar-refractivity contribution is 0.0583. The molecule has 1 aliphatic rings. The van der Waals surface area contributed by atoms with Crippen LogP contribution in [0.25, 0.3) is 0 Å². The molecule has 3 heteroatoms. The minimum absolute atomic E-state index is 0.124. The van der Waals surface area contributed by atoms with Crippen molar-refractivity contribution in [2.45, 2.75) is 59.2 Å². The first-order valence-electron chi connectivity index (χ1n) is 7.98. The smallest absolute Gasteiger partial charge is 0.129 e. The first-order chi connectivity index (χ1) is 9.94. The van der Waals surface area contributed by atoms with Crippen molar-refractivity contribution in [3.05, 3.63) is 35.8 Å². The molecule has 1 aromatic heterocycles. The van der Waals surface area contributed by atoms with E-state index in [1.807, 2.05) is 6.26 Å². The highest BCUT2D eigenvalue weighted by Crippen LogP contribution is 2.25. The largest absolute Gasteiger partial charge is 0.467 e. The summed E-state index contributed by atoms with van der Waals surface area (Å²) in [7, 11) is 0. The van der Waals surface area contributed by atoms with Crippen molar-refractivity contribution < 1.29 is 9.15 Å². The number of rotatable bonds is 6. The van der Waals surface area contributed by atoms with Crippen LogP contribution in [0.5, 0.6) is 0 Å². The molecule has 1 heterocycles. The Morgan fingerprint density at radius 2 is 2.05 bits per heavy atom. The normalized spacial score (nSPS) is 22.7. The summed E-state index contributed by atoms with van der Waals surface area (Å²) in [6, 6.07) is 2.09. The third-order valence-electron chi connectivity index (χ3n) is 4.03. The molecule has 1 aromatic rings. The van der Waals surface area contributed by atoms with Gasteiger partial charge in [0.05, 0.1) is 12.9 Å². The number of ether oxygens (including phenoxy) is 1. The van der Waals surface area contributed by atoms with E-state index in [2.05, 4.69) is 51.2 Å². The van der Waals surface area contributed by atoms with E-state index in [1.54, 1.807) is 0 Å². The molecule has 2 rings (SSSR count). The van der Waals surface area contributed by atoms with Gasteiger partial charge < -0.3 is 14.5 Å². The van der Waals surface area contributed by atoms with E-state index in [1.165, 1.54) is 12.0 Å². The minimum atomic E-state index is 0.124. The Balaban J connectivity index is 1.71. The predicted molar refractivity (Wildman–Crippen MR) is 86.0 cm³/mol. The van der Waals surface area contributed by atoms with E-state index in [4.69, 9.17) is 9.15 Å². The van der Waals surface area contributed by atoms with Crippen molar-refractivity contribution in [3.8, 4) is 0 Å². The van der Waals surface area contributed by atoms with Gasteiger partial charge in [-0.25, -0.2) is 0 Å². The molecular formula is C18H29NO2. The molecule has 0 bridgehead atoms. The van der Waals surface area contributed by atoms with Crippen molar-refractivity contribution in [1.82, 2.24) is 5.32 Å². The van der Waals surface area contributed by atoms with Crippen LogP contribution in [-0.2, 0) is 17.9 Å². The average molecular weight is 291 g/mol. The second-order valence-corrected chi connectivity index (χ2v) is 7.22. The first kappa shape index (κ1) is 16.3. The Kier molecular flexibility index (Phi) is 5.65. The number of allylic oxidation sites excluding steroid dienone is 2. The van der Waals surface area contributed by atoms with E-state index in [0.717, 1.165) is 31.3 Å². The highest BCUT2D eigenvalue weighted by molar-refractivity contribution is 5.12.